The molecule has 3 aromatic rings. The first-order chi connectivity index (χ1) is 8.36. The number of carbonyl (C=O) groups excluding carboxylic acids is 1. The van der Waals surface area contributed by atoms with Crippen LogP contribution in [-0.2, 0) is 9.68 Å². The number of benzene rings is 2. The monoisotopic (exact) mass is 229 g/mol. The van der Waals surface area contributed by atoms with E-state index in [0.717, 1.165) is 0 Å². The fourth-order valence-electron chi connectivity index (χ4n) is 1.80. The second kappa shape index (κ2) is 5.14. The minimum absolute atomic E-state index is 0. The van der Waals surface area contributed by atoms with E-state index in [1.165, 1.54) is 21.8 Å². The smallest absolute Gasteiger partial charge is 0.662 e. The predicted molar refractivity (Wildman–Crippen MR) is 64.1 cm³/mol. The zero-order chi connectivity index (χ0) is 12.1. The molecule has 0 unspecified atom stereocenters. The highest BCUT2D eigenvalue weighted by molar-refractivity contribution is 6.06. The van der Waals surface area contributed by atoms with Gasteiger partial charge in [0.1, 0.15) is 0 Å². The summed E-state index contributed by atoms with van der Waals surface area (Å²) >= 11 is 0. The van der Waals surface area contributed by atoms with Crippen LogP contribution in [0.1, 0.15) is 1.43 Å². The van der Waals surface area contributed by atoms with Gasteiger partial charge in [-0.25, -0.2) is 0 Å². The van der Waals surface area contributed by atoms with Gasteiger partial charge in [-0.2, -0.15) is 0 Å². The zero-order valence-corrected chi connectivity index (χ0v) is 8.92. The fourth-order valence-corrected chi connectivity index (χ4v) is 1.80. The first kappa shape index (κ1) is 11.2. The lowest BCUT2D eigenvalue weighted by Crippen LogP contribution is -2.00. The van der Waals surface area contributed by atoms with Crippen LogP contribution >= 0.6 is 0 Å². The van der Waals surface area contributed by atoms with Crippen LogP contribution in [0.15, 0.2) is 48.5 Å². The summed E-state index contributed by atoms with van der Waals surface area (Å²) in [5, 5.41) is 11.0. The maximum atomic E-state index is 8.64. The van der Waals surface area contributed by atoms with E-state index in [2.05, 4.69) is 58.4 Å². The van der Waals surface area contributed by atoms with Crippen molar-refractivity contribution in [2.24, 2.45) is 0 Å². The van der Waals surface area contributed by atoms with Crippen LogP contribution in [0.5, 0.6) is 0 Å². The molecule has 2 aromatic carbocycles. The van der Waals surface area contributed by atoms with Crippen molar-refractivity contribution in [1.82, 2.24) is 4.98 Å². The highest BCUT2D eigenvalue weighted by Crippen LogP contribution is 2.24. The molecule has 0 aliphatic carbocycles. The average molecular weight is 229 g/mol. The highest BCUT2D eigenvalue weighted by Gasteiger charge is 2.00. The van der Waals surface area contributed by atoms with Gasteiger partial charge in [-0.3, -0.25) is 4.79 Å². The molecule has 17 heavy (non-hydrogen) atoms. The van der Waals surface area contributed by atoms with Crippen molar-refractivity contribution >= 4 is 28.3 Å². The molecule has 0 amide bonds. The third kappa shape index (κ3) is 2.26. The molecule has 0 bridgehead atoms. The van der Waals surface area contributed by atoms with Crippen LogP contribution in [0, 0.1) is 0 Å². The summed E-state index contributed by atoms with van der Waals surface area (Å²) in [5.41, 5.74) is 2.42. The van der Waals surface area contributed by atoms with E-state index >= 15 is 0 Å². The van der Waals surface area contributed by atoms with Gasteiger partial charge in [0.05, 0.1) is 0 Å². The summed E-state index contributed by atoms with van der Waals surface area (Å²) in [6, 6.07) is 16.8. The highest BCUT2D eigenvalue weighted by atomic mass is 17.1. The number of hydrogen-bond acceptors (Lipinski definition) is 3. The van der Waals surface area contributed by atoms with Gasteiger partial charge in [0.15, 0.2) is 0 Å². The van der Waals surface area contributed by atoms with Gasteiger partial charge in [0.25, 0.3) is 6.47 Å². The molecule has 1 N–H and O–H groups in total. The predicted octanol–water partition coefficient (Wildman–Crippen LogP) is 1.87. The molecule has 0 fully saturated rings. The molecule has 0 aliphatic heterocycles. The first-order valence-electron chi connectivity index (χ1n) is 5.04. The molecule has 0 saturated heterocycles. The number of aromatic nitrogens is 1. The van der Waals surface area contributed by atoms with Crippen molar-refractivity contribution < 1.29 is 16.4 Å². The minimum atomic E-state index is -0.181. The molecule has 0 spiro atoms. The molecule has 0 atom stereocenters. The van der Waals surface area contributed by atoms with E-state index < -0.39 is 0 Å². The van der Waals surface area contributed by atoms with Crippen molar-refractivity contribution in [3.05, 3.63) is 48.5 Å². The van der Waals surface area contributed by atoms with Crippen LogP contribution < -0.4 is 5.26 Å². The van der Waals surface area contributed by atoms with E-state index in [-0.39, 0.29) is 7.90 Å². The number of carbonyl (C=O) groups is 1. The van der Waals surface area contributed by atoms with Crippen molar-refractivity contribution in [2.75, 3.05) is 0 Å². The first-order valence-corrected chi connectivity index (χ1v) is 5.04. The third-order valence-corrected chi connectivity index (χ3v) is 2.45. The molecule has 4 heteroatoms. The van der Waals surface area contributed by atoms with E-state index in [1.807, 2.05) is 0 Å². The Morgan fingerprint density at radius 2 is 1.41 bits per heavy atom. The number of fused-ring (bicyclic) bond motifs is 3. The maximum absolute atomic E-state index is 8.64. The number of nitrogens with one attached hydrogen (secondary N) is 1. The topological polar surface area (TPSA) is 65.2 Å². The number of aromatic amines is 1. The standard InChI is InChI=1S/C12H9N.CH2O3/c1-3-7-11-9(5-1)10-6-2-4-8-12(10)13-11;2-1-4-3/h1-8,13H;1,3H. The molecule has 0 aliphatic rings. The SMILES string of the molecule is O=CO[O-].[H+].c1ccc2c(c1)[nH]c1ccccc12. The number of H-pyrrole nitrogens is 1. The summed E-state index contributed by atoms with van der Waals surface area (Å²) in [5.74, 6) is 0. The molecule has 86 valence electrons. The Morgan fingerprint density at radius 3 is 1.82 bits per heavy atom. The largest absolute Gasteiger partial charge is 1.00 e. The van der Waals surface area contributed by atoms with Gasteiger partial charge in [-0.15, -0.1) is 0 Å². The Labute approximate surface area is 98.9 Å². The lowest BCUT2D eigenvalue weighted by molar-refractivity contribution is -0.652. The molecular formula is C13H11NO3. The summed E-state index contributed by atoms with van der Waals surface area (Å²) in [6.07, 6.45) is 0. The normalized spacial score (nSPS) is 9.71. The average Bonchev–Trinajstić information content (AvgIpc) is 2.77. The van der Waals surface area contributed by atoms with Crippen molar-refractivity contribution in [2.45, 2.75) is 0 Å². The summed E-state index contributed by atoms with van der Waals surface area (Å²) < 4.78 is 0. The number of hydrogen-bond donors (Lipinski definition) is 1. The summed E-state index contributed by atoms with van der Waals surface area (Å²) in [6.45, 7) is -0.181. The third-order valence-electron chi connectivity index (χ3n) is 2.45. The van der Waals surface area contributed by atoms with Crippen LogP contribution in [0.4, 0.5) is 0 Å². The Kier molecular flexibility index (Phi) is 3.37. The van der Waals surface area contributed by atoms with E-state index in [1.54, 1.807) is 0 Å². The van der Waals surface area contributed by atoms with Crippen molar-refractivity contribution in [1.29, 1.82) is 0 Å². The van der Waals surface area contributed by atoms with Crippen LogP contribution in [0.25, 0.3) is 21.8 Å². The van der Waals surface area contributed by atoms with Crippen LogP contribution in [0.2, 0.25) is 0 Å². The van der Waals surface area contributed by atoms with Crippen LogP contribution in [0.3, 0.4) is 0 Å². The lowest BCUT2D eigenvalue weighted by Gasteiger charge is -1.88. The molecule has 0 saturated carbocycles. The van der Waals surface area contributed by atoms with Crippen molar-refractivity contribution in [3.63, 3.8) is 0 Å². The molecule has 0 radical (unpaired) electrons. The molecule has 4 nitrogen and oxygen atoms in total. The summed E-state index contributed by atoms with van der Waals surface area (Å²) in [4.78, 5) is 14.6. The Hall–Kier alpha value is -2.33. The molecule has 1 heterocycles. The van der Waals surface area contributed by atoms with E-state index in [4.69, 9.17) is 10.1 Å². The van der Waals surface area contributed by atoms with Crippen molar-refractivity contribution in [3.8, 4) is 0 Å². The molecule has 3 rings (SSSR count). The fraction of sp³-hybridized carbons (Fsp3) is 0. The maximum Gasteiger partial charge on any atom is 1.00 e. The van der Waals surface area contributed by atoms with Gasteiger partial charge in [0, 0.05) is 21.8 Å². The number of rotatable bonds is 1. The zero-order valence-electron chi connectivity index (χ0n) is 9.92. The second-order valence-electron chi connectivity index (χ2n) is 3.41. The minimum Gasteiger partial charge on any atom is -0.662 e. The van der Waals surface area contributed by atoms with Gasteiger partial charge < -0.3 is 15.1 Å². The van der Waals surface area contributed by atoms with Gasteiger partial charge in [-0.1, -0.05) is 36.4 Å². The van der Waals surface area contributed by atoms with Gasteiger partial charge in [-0.05, 0) is 12.1 Å². The Bertz CT molecular complexity index is 586. The summed E-state index contributed by atoms with van der Waals surface area (Å²) in [7, 11) is 0. The Balaban J connectivity index is 0.000000289. The molecular weight excluding hydrogens is 218 g/mol. The van der Waals surface area contributed by atoms with Gasteiger partial charge in [0.2, 0.25) is 0 Å². The molecule has 1 aromatic heterocycles. The van der Waals surface area contributed by atoms with Gasteiger partial charge >= 0.3 is 1.43 Å². The quantitative estimate of drug-likeness (QED) is 0.393. The second-order valence-corrected chi connectivity index (χ2v) is 3.41. The van der Waals surface area contributed by atoms with E-state index in [0.29, 0.717) is 0 Å². The van der Waals surface area contributed by atoms with Crippen LogP contribution in [-0.4, -0.2) is 11.5 Å². The lowest BCUT2D eigenvalue weighted by atomic mass is 10.2. The van der Waals surface area contributed by atoms with E-state index in [9.17, 15) is 0 Å². The Morgan fingerprint density at radius 1 is 1.00 bits per heavy atom. The number of para-hydroxylation sites is 2.